The van der Waals surface area contributed by atoms with E-state index < -0.39 is 28.3 Å². The summed E-state index contributed by atoms with van der Waals surface area (Å²) in [5.74, 6) is -0.389. The van der Waals surface area contributed by atoms with Gasteiger partial charge in [0.15, 0.2) is 23.1 Å². The monoisotopic (exact) mass is 381 g/mol. The lowest BCUT2D eigenvalue weighted by molar-refractivity contribution is -0.153. The second-order valence-electron chi connectivity index (χ2n) is 6.79. The summed E-state index contributed by atoms with van der Waals surface area (Å²) in [6, 6.07) is 5.43. The highest BCUT2D eigenvalue weighted by molar-refractivity contribution is 7.91. The molecule has 3 rings (SSSR count). The Balaban J connectivity index is 1.41. The molecular weight excluding hydrogens is 358 g/mol. The third kappa shape index (κ3) is 4.55. The molecule has 1 aromatic carbocycles. The van der Waals surface area contributed by atoms with Crippen LogP contribution in [0, 0.1) is 0 Å². The van der Waals surface area contributed by atoms with E-state index in [9.17, 15) is 18.0 Å². The molecule has 2 aliphatic rings. The van der Waals surface area contributed by atoms with Crippen molar-refractivity contribution in [3.63, 3.8) is 0 Å². The van der Waals surface area contributed by atoms with Crippen molar-refractivity contribution in [2.24, 2.45) is 0 Å². The zero-order valence-electron chi connectivity index (χ0n) is 14.8. The smallest absolute Gasteiger partial charge is 0.344 e. The Bertz CT molecular complexity index is 804. The van der Waals surface area contributed by atoms with E-state index in [0.717, 1.165) is 19.3 Å². The maximum absolute atomic E-state index is 12.1. The van der Waals surface area contributed by atoms with Gasteiger partial charge in [0.1, 0.15) is 5.75 Å². The van der Waals surface area contributed by atoms with Gasteiger partial charge in [-0.1, -0.05) is 6.07 Å². The summed E-state index contributed by atoms with van der Waals surface area (Å²) in [4.78, 5) is 25.2. The van der Waals surface area contributed by atoms with E-state index in [2.05, 4.69) is 0 Å². The summed E-state index contributed by atoms with van der Waals surface area (Å²) < 4.78 is 33.3. The second kappa shape index (κ2) is 7.65. The first-order valence-corrected chi connectivity index (χ1v) is 10.5. The van der Waals surface area contributed by atoms with Crippen molar-refractivity contribution in [3.05, 3.63) is 29.3 Å². The lowest BCUT2D eigenvalue weighted by Gasteiger charge is -2.23. The van der Waals surface area contributed by atoms with Crippen molar-refractivity contribution in [3.8, 4) is 5.75 Å². The van der Waals surface area contributed by atoms with Gasteiger partial charge in [-0.15, -0.1) is 0 Å². The van der Waals surface area contributed by atoms with Gasteiger partial charge in [0, 0.05) is 13.1 Å². The number of sulfone groups is 1. The normalized spacial score (nSPS) is 20.4. The van der Waals surface area contributed by atoms with E-state index in [0.29, 0.717) is 12.2 Å². The number of carbonyl (C=O) groups excluding carboxylic acids is 2. The minimum atomic E-state index is -3.07. The number of amides is 1. The number of hydrogen-bond acceptors (Lipinski definition) is 6. The van der Waals surface area contributed by atoms with Crippen molar-refractivity contribution < 1.29 is 27.5 Å². The van der Waals surface area contributed by atoms with Crippen LogP contribution in [0.15, 0.2) is 18.2 Å². The molecule has 1 aliphatic heterocycles. The number of likely N-dealkylation sites (N-methyl/N-ethyl adjacent to an activating group) is 1. The van der Waals surface area contributed by atoms with Crippen molar-refractivity contribution in [2.45, 2.75) is 31.7 Å². The lowest BCUT2D eigenvalue weighted by Crippen LogP contribution is -2.40. The van der Waals surface area contributed by atoms with Crippen LogP contribution in [-0.2, 0) is 37.0 Å². The SMILES string of the molecule is CN(C(=O)COC(=O)COc1ccc2c(c1)CCC2)[C@H]1CCS(=O)(=O)C1. The molecular formula is C18H23NO6S. The van der Waals surface area contributed by atoms with Crippen LogP contribution in [0.2, 0.25) is 0 Å². The topological polar surface area (TPSA) is 90.0 Å². The van der Waals surface area contributed by atoms with Gasteiger partial charge >= 0.3 is 5.97 Å². The van der Waals surface area contributed by atoms with Crippen LogP contribution in [-0.4, -0.2) is 63.0 Å². The summed E-state index contributed by atoms with van der Waals surface area (Å²) in [7, 11) is -1.54. The number of esters is 1. The van der Waals surface area contributed by atoms with E-state index >= 15 is 0 Å². The highest BCUT2D eigenvalue weighted by atomic mass is 32.2. The molecule has 0 bridgehead atoms. The molecule has 1 atom stereocenters. The van der Waals surface area contributed by atoms with E-state index in [4.69, 9.17) is 9.47 Å². The molecule has 1 saturated heterocycles. The van der Waals surface area contributed by atoms with Crippen LogP contribution in [0.4, 0.5) is 0 Å². The number of rotatable bonds is 6. The summed E-state index contributed by atoms with van der Waals surface area (Å²) in [6.45, 7) is -0.687. The van der Waals surface area contributed by atoms with Crippen molar-refractivity contribution in [1.82, 2.24) is 4.90 Å². The first kappa shape index (κ1) is 18.7. The summed E-state index contributed by atoms with van der Waals surface area (Å²) in [5, 5.41) is 0. The molecule has 0 aromatic heterocycles. The molecule has 0 saturated carbocycles. The predicted molar refractivity (Wildman–Crippen MR) is 94.7 cm³/mol. The third-order valence-electron chi connectivity index (χ3n) is 4.93. The van der Waals surface area contributed by atoms with Crippen LogP contribution >= 0.6 is 0 Å². The Morgan fingerprint density at radius 1 is 1.19 bits per heavy atom. The van der Waals surface area contributed by atoms with E-state index in [1.165, 1.54) is 23.1 Å². The zero-order chi connectivity index (χ0) is 18.7. The average molecular weight is 381 g/mol. The molecule has 1 amide bonds. The Labute approximate surface area is 153 Å². The van der Waals surface area contributed by atoms with E-state index in [1.54, 1.807) is 0 Å². The molecule has 0 radical (unpaired) electrons. The van der Waals surface area contributed by atoms with Gasteiger partial charge in [-0.2, -0.15) is 0 Å². The maximum atomic E-state index is 12.1. The van der Waals surface area contributed by atoms with Crippen LogP contribution in [0.5, 0.6) is 5.75 Å². The molecule has 8 heteroatoms. The third-order valence-corrected chi connectivity index (χ3v) is 6.68. The number of aryl methyl sites for hydroxylation is 2. The molecule has 1 aliphatic carbocycles. The summed E-state index contributed by atoms with van der Waals surface area (Å²) in [6.07, 6.45) is 3.66. The minimum absolute atomic E-state index is 0.0371. The van der Waals surface area contributed by atoms with Crippen molar-refractivity contribution >= 4 is 21.7 Å². The number of nitrogens with zero attached hydrogens (tertiary/aromatic N) is 1. The largest absolute Gasteiger partial charge is 0.482 e. The van der Waals surface area contributed by atoms with Gasteiger partial charge in [-0.05, 0) is 48.9 Å². The van der Waals surface area contributed by atoms with Gasteiger partial charge in [0.2, 0.25) is 0 Å². The van der Waals surface area contributed by atoms with E-state index in [-0.39, 0.29) is 24.2 Å². The molecule has 0 N–H and O–H groups in total. The molecule has 7 nitrogen and oxygen atoms in total. The van der Waals surface area contributed by atoms with Gasteiger partial charge in [0.25, 0.3) is 5.91 Å². The predicted octanol–water partition coefficient (Wildman–Crippen LogP) is 0.743. The molecule has 0 spiro atoms. The molecule has 26 heavy (non-hydrogen) atoms. The van der Waals surface area contributed by atoms with Crippen molar-refractivity contribution in [2.75, 3.05) is 31.8 Å². The number of carbonyl (C=O) groups is 2. The lowest BCUT2D eigenvalue weighted by atomic mass is 10.1. The molecule has 142 valence electrons. The maximum Gasteiger partial charge on any atom is 0.344 e. The zero-order valence-corrected chi connectivity index (χ0v) is 15.6. The van der Waals surface area contributed by atoms with Gasteiger partial charge in [-0.3, -0.25) is 4.79 Å². The summed E-state index contributed by atoms with van der Waals surface area (Å²) in [5.41, 5.74) is 2.57. The highest BCUT2D eigenvalue weighted by Crippen LogP contribution is 2.26. The number of fused-ring (bicyclic) bond motifs is 1. The Hall–Kier alpha value is -2.09. The van der Waals surface area contributed by atoms with Gasteiger partial charge in [0.05, 0.1) is 11.5 Å². The second-order valence-corrected chi connectivity index (χ2v) is 9.02. The van der Waals surface area contributed by atoms with E-state index in [1.807, 2.05) is 18.2 Å². The average Bonchev–Trinajstić information content (AvgIpc) is 3.22. The van der Waals surface area contributed by atoms with Gasteiger partial charge < -0.3 is 14.4 Å². The first-order chi connectivity index (χ1) is 12.3. The Kier molecular flexibility index (Phi) is 5.50. The molecule has 1 heterocycles. The quantitative estimate of drug-likeness (QED) is 0.675. The fourth-order valence-electron chi connectivity index (χ4n) is 3.35. The fraction of sp³-hybridized carbons (Fsp3) is 0.556. The molecule has 1 fully saturated rings. The number of hydrogen-bond donors (Lipinski definition) is 0. The Morgan fingerprint density at radius 2 is 1.96 bits per heavy atom. The van der Waals surface area contributed by atoms with Crippen LogP contribution in [0.3, 0.4) is 0 Å². The van der Waals surface area contributed by atoms with Crippen LogP contribution < -0.4 is 4.74 Å². The van der Waals surface area contributed by atoms with Crippen LogP contribution in [0.1, 0.15) is 24.0 Å². The molecule has 1 aromatic rings. The highest BCUT2D eigenvalue weighted by Gasteiger charge is 2.32. The van der Waals surface area contributed by atoms with Crippen LogP contribution in [0.25, 0.3) is 0 Å². The Morgan fingerprint density at radius 3 is 2.69 bits per heavy atom. The van der Waals surface area contributed by atoms with Gasteiger partial charge in [-0.25, -0.2) is 13.2 Å². The minimum Gasteiger partial charge on any atom is -0.482 e. The van der Waals surface area contributed by atoms with Crippen molar-refractivity contribution in [1.29, 1.82) is 0 Å². The first-order valence-electron chi connectivity index (χ1n) is 8.70. The number of benzene rings is 1. The summed E-state index contributed by atoms with van der Waals surface area (Å²) >= 11 is 0. The fourth-order valence-corrected chi connectivity index (χ4v) is 5.12. The number of ether oxygens (including phenoxy) is 2. The standard InChI is InChI=1S/C18H23NO6S/c1-19(15-7-8-26(22,23)12-15)17(20)10-25-18(21)11-24-16-6-5-13-3-2-4-14(13)9-16/h5-6,9,15H,2-4,7-8,10-12H2,1H3/t15-/m0/s1. The molecule has 0 unspecified atom stereocenters.